The second-order valence-corrected chi connectivity index (χ2v) is 7.27. The van der Waals surface area contributed by atoms with Crippen molar-refractivity contribution in [3.05, 3.63) is 17.4 Å². The molecule has 1 aliphatic carbocycles. The number of carboxylic acids is 1. The molecule has 0 saturated heterocycles. The van der Waals surface area contributed by atoms with Gasteiger partial charge in [0.2, 0.25) is 0 Å². The van der Waals surface area contributed by atoms with Crippen molar-refractivity contribution in [2.75, 3.05) is 20.5 Å². The summed E-state index contributed by atoms with van der Waals surface area (Å²) in [5.41, 5.74) is -1.16. The third kappa shape index (κ3) is 2.31. The smallest absolute Gasteiger partial charge is 0.314 e. The Balaban J connectivity index is 2.84. The molecule has 0 amide bonds. The minimum Gasteiger partial charge on any atom is -0.492 e. The van der Waals surface area contributed by atoms with Gasteiger partial charge in [0, 0.05) is 11.8 Å². The third-order valence-electron chi connectivity index (χ3n) is 4.06. The van der Waals surface area contributed by atoms with E-state index in [2.05, 4.69) is 0 Å². The Morgan fingerprint density at radius 3 is 2.14 bits per heavy atom. The van der Waals surface area contributed by atoms with Gasteiger partial charge in [0.15, 0.2) is 21.3 Å². The maximum atomic E-state index is 14.4. The predicted molar refractivity (Wildman–Crippen MR) is 75.8 cm³/mol. The molecule has 8 heteroatoms. The lowest BCUT2D eigenvalue weighted by molar-refractivity contribution is -0.147. The molecule has 122 valence electrons. The van der Waals surface area contributed by atoms with Gasteiger partial charge in [-0.15, -0.1) is 0 Å². The van der Waals surface area contributed by atoms with Crippen LogP contribution in [-0.2, 0) is 20.0 Å². The van der Waals surface area contributed by atoms with Gasteiger partial charge in [0.25, 0.3) is 0 Å². The molecule has 0 aromatic heterocycles. The molecule has 22 heavy (non-hydrogen) atoms. The number of sulfone groups is 1. The number of halogens is 1. The van der Waals surface area contributed by atoms with E-state index in [4.69, 9.17) is 9.47 Å². The van der Waals surface area contributed by atoms with Gasteiger partial charge in [-0.2, -0.15) is 0 Å². The van der Waals surface area contributed by atoms with Crippen molar-refractivity contribution in [3.8, 4) is 11.5 Å². The highest BCUT2D eigenvalue weighted by atomic mass is 32.2. The van der Waals surface area contributed by atoms with Gasteiger partial charge >= 0.3 is 5.97 Å². The molecule has 0 radical (unpaired) electrons. The monoisotopic (exact) mass is 332 g/mol. The van der Waals surface area contributed by atoms with Gasteiger partial charge in [-0.3, -0.25) is 4.79 Å². The number of ether oxygens (including phenoxy) is 2. The zero-order valence-corrected chi connectivity index (χ0v) is 13.3. The fourth-order valence-electron chi connectivity index (χ4n) is 2.81. The molecule has 0 unspecified atom stereocenters. The highest BCUT2D eigenvalue weighted by Crippen LogP contribution is 2.51. The summed E-state index contributed by atoms with van der Waals surface area (Å²) in [7, 11) is -1.46. The quantitative estimate of drug-likeness (QED) is 0.883. The van der Waals surface area contributed by atoms with Crippen LogP contribution in [0.1, 0.15) is 24.8 Å². The Kier molecular flexibility index (Phi) is 4.08. The lowest BCUT2D eigenvalue weighted by atomic mass is 9.64. The molecule has 6 nitrogen and oxygen atoms in total. The van der Waals surface area contributed by atoms with Crippen molar-refractivity contribution < 1.29 is 32.2 Å². The van der Waals surface area contributed by atoms with E-state index < -0.39 is 31.9 Å². The minimum absolute atomic E-state index is 0.0496. The van der Waals surface area contributed by atoms with E-state index >= 15 is 0 Å². The van der Waals surface area contributed by atoms with Gasteiger partial charge in [-0.1, -0.05) is 6.42 Å². The first kappa shape index (κ1) is 16.5. The Labute approximate surface area is 127 Å². The van der Waals surface area contributed by atoms with Crippen molar-refractivity contribution >= 4 is 15.8 Å². The number of hydrogen-bond donors (Lipinski definition) is 1. The molecule has 1 saturated carbocycles. The van der Waals surface area contributed by atoms with Crippen molar-refractivity contribution in [2.24, 2.45) is 0 Å². The molecule has 0 aliphatic heterocycles. The van der Waals surface area contributed by atoms with Gasteiger partial charge in [0.05, 0.1) is 19.6 Å². The van der Waals surface area contributed by atoms with Crippen LogP contribution in [0.15, 0.2) is 11.0 Å². The van der Waals surface area contributed by atoms with Gasteiger partial charge < -0.3 is 14.6 Å². The highest BCUT2D eigenvalue weighted by molar-refractivity contribution is 7.90. The van der Waals surface area contributed by atoms with E-state index in [-0.39, 0.29) is 17.1 Å². The van der Waals surface area contributed by atoms with Crippen LogP contribution in [0.5, 0.6) is 11.5 Å². The Hall–Kier alpha value is -1.83. The SMILES string of the molecule is COc1c(C2(C(=O)O)CCC2)cc(F)c(S(C)(=O)=O)c1OC. The number of methoxy groups -OCH3 is 2. The number of carboxylic acid groups (broad SMARTS) is 1. The average molecular weight is 332 g/mol. The second kappa shape index (κ2) is 5.42. The summed E-state index contributed by atoms with van der Waals surface area (Å²) in [6.07, 6.45) is 2.20. The number of hydrogen-bond acceptors (Lipinski definition) is 5. The topological polar surface area (TPSA) is 89.9 Å². The standard InChI is InChI=1S/C14H17FO6S/c1-20-10-8(14(13(16)17)5-4-6-14)7-9(15)12(11(10)21-2)22(3,18)19/h7H,4-6H2,1-3H3,(H,16,17). The van der Waals surface area contributed by atoms with Crippen LogP contribution < -0.4 is 9.47 Å². The van der Waals surface area contributed by atoms with Crippen molar-refractivity contribution in [2.45, 2.75) is 29.6 Å². The molecule has 1 aromatic carbocycles. The molecular weight excluding hydrogens is 315 g/mol. The zero-order chi connectivity index (χ0) is 16.7. The lowest BCUT2D eigenvalue weighted by Gasteiger charge is -2.39. The summed E-state index contributed by atoms with van der Waals surface area (Å²) in [5, 5.41) is 9.50. The highest BCUT2D eigenvalue weighted by Gasteiger charge is 2.49. The number of benzene rings is 1. The molecule has 0 atom stereocenters. The normalized spacial score (nSPS) is 16.7. The molecule has 1 N–H and O–H groups in total. The Morgan fingerprint density at radius 1 is 1.27 bits per heavy atom. The van der Waals surface area contributed by atoms with Crippen LogP contribution in [0.3, 0.4) is 0 Å². The molecular formula is C14H17FO6S. The Morgan fingerprint density at radius 2 is 1.82 bits per heavy atom. The molecule has 2 rings (SSSR count). The average Bonchev–Trinajstić information content (AvgIpc) is 2.34. The molecule has 0 heterocycles. The summed E-state index contributed by atoms with van der Waals surface area (Å²) in [4.78, 5) is 11.0. The van der Waals surface area contributed by atoms with Crippen LogP contribution in [0.25, 0.3) is 0 Å². The summed E-state index contributed by atoms with van der Waals surface area (Å²) in [5.74, 6) is -2.48. The first-order valence-corrected chi connectivity index (χ1v) is 8.46. The lowest BCUT2D eigenvalue weighted by Crippen LogP contribution is -2.42. The van der Waals surface area contributed by atoms with Crippen LogP contribution in [-0.4, -0.2) is 40.0 Å². The minimum atomic E-state index is -3.91. The van der Waals surface area contributed by atoms with Crippen molar-refractivity contribution in [3.63, 3.8) is 0 Å². The van der Waals surface area contributed by atoms with Crippen molar-refractivity contribution in [1.82, 2.24) is 0 Å². The van der Waals surface area contributed by atoms with Gasteiger partial charge in [-0.05, 0) is 18.9 Å². The Bertz CT molecular complexity index is 721. The fraction of sp³-hybridized carbons (Fsp3) is 0.500. The number of rotatable bonds is 5. The number of aliphatic carboxylic acids is 1. The fourth-order valence-corrected chi connectivity index (χ4v) is 3.74. The predicted octanol–water partition coefficient (Wildman–Crippen LogP) is 1.75. The van der Waals surface area contributed by atoms with Gasteiger partial charge in [0.1, 0.15) is 10.7 Å². The first-order valence-electron chi connectivity index (χ1n) is 6.57. The largest absolute Gasteiger partial charge is 0.492 e. The van der Waals surface area contributed by atoms with Crippen molar-refractivity contribution in [1.29, 1.82) is 0 Å². The summed E-state index contributed by atoms with van der Waals surface area (Å²) in [6, 6.07) is 0.936. The number of carbonyl (C=O) groups is 1. The first-order chi connectivity index (χ1) is 10.2. The molecule has 0 spiro atoms. The van der Waals surface area contributed by atoms with E-state index in [0.29, 0.717) is 19.3 Å². The van der Waals surface area contributed by atoms with E-state index in [1.165, 1.54) is 14.2 Å². The maximum absolute atomic E-state index is 14.4. The third-order valence-corrected chi connectivity index (χ3v) is 5.18. The second-order valence-electron chi connectivity index (χ2n) is 5.31. The van der Waals surface area contributed by atoms with Gasteiger partial charge in [-0.25, -0.2) is 12.8 Å². The molecule has 1 fully saturated rings. The van der Waals surface area contributed by atoms with Crippen LogP contribution in [0, 0.1) is 5.82 Å². The van der Waals surface area contributed by atoms with E-state index in [0.717, 1.165) is 12.3 Å². The van der Waals surface area contributed by atoms with E-state index in [9.17, 15) is 22.7 Å². The maximum Gasteiger partial charge on any atom is 0.314 e. The zero-order valence-electron chi connectivity index (χ0n) is 12.5. The van der Waals surface area contributed by atoms with Crippen LogP contribution in [0.2, 0.25) is 0 Å². The molecule has 1 aliphatic rings. The summed E-state index contributed by atoms with van der Waals surface area (Å²) in [6.45, 7) is 0. The van der Waals surface area contributed by atoms with E-state index in [1.54, 1.807) is 0 Å². The summed E-state index contributed by atoms with van der Waals surface area (Å²) < 4.78 is 48.1. The van der Waals surface area contributed by atoms with Crippen LogP contribution >= 0.6 is 0 Å². The summed E-state index contributed by atoms with van der Waals surface area (Å²) >= 11 is 0. The molecule has 1 aromatic rings. The van der Waals surface area contributed by atoms with Crippen LogP contribution in [0.4, 0.5) is 4.39 Å². The molecule has 0 bridgehead atoms. The van der Waals surface area contributed by atoms with E-state index in [1.807, 2.05) is 0 Å².